The number of carbonyl (C=O) groups excluding carboxylic acids is 1. The van der Waals surface area contributed by atoms with Gasteiger partial charge in [-0.1, -0.05) is 6.07 Å². The maximum atomic E-state index is 12.2. The summed E-state index contributed by atoms with van der Waals surface area (Å²) in [7, 11) is 0. The van der Waals surface area contributed by atoms with Crippen LogP contribution in [0, 0.1) is 17.4 Å². The van der Waals surface area contributed by atoms with E-state index >= 15 is 0 Å². The highest BCUT2D eigenvalue weighted by Crippen LogP contribution is 2.25. The van der Waals surface area contributed by atoms with Crippen LogP contribution in [0.2, 0.25) is 0 Å². The van der Waals surface area contributed by atoms with Crippen molar-refractivity contribution >= 4 is 39.9 Å². The fourth-order valence-corrected chi connectivity index (χ4v) is 2.20. The Bertz CT molecular complexity index is 621. The van der Waals surface area contributed by atoms with Crippen LogP contribution in [0.15, 0.2) is 36.4 Å². The number of aryl methyl sites for hydroxylation is 1. The summed E-state index contributed by atoms with van der Waals surface area (Å²) in [5, 5.41) is 2.93. The van der Waals surface area contributed by atoms with Crippen LogP contribution < -0.4 is 11.1 Å². The summed E-state index contributed by atoms with van der Waals surface area (Å²) in [6, 6.07) is 11.2. The number of benzene rings is 2. The highest BCUT2D eigenvalue weighted by molar-refractivity contribution is 14.1. The van der Waals surface area contributed by atoms with Crippen molar-refractivity contribution in [3.8, 4) is 0 Å². The van der Waals surface area contributed by atoms with E-state index in [9.17, 15) is 4.79 Å². The maximum absolute atomic E-state index is 12.2. The van der Waals surface area contributed by atoms with Gasteiger partial charge in [0.05, 0.1) is 0 Å². The molecule has 0 aliphatic heterocycles. The van der Waals surface area contributed by atoms with E-state index in [1.54, 1.807) is 0 Å². The minimum absolute atomic E-state index is 0.117. The van der Waals surface area contributed by atoms with Crippen molar-refractivity contribution in [1.82, 2.24) is 0 Å². The highest BCUT2D eigenvalue weighted by Gasteiger charge is 2.11. The SMILES string of the molecule is Cc1ccc(N)c(C)c1NC(=O)c1ccc(I)cc1. The number of nitrogen functional groups attached to an aromatic ring is 1. The minimum atomic E-state index is -0.117. The van der Waals surface area contributed by atoms with E-state index in [1.165, 1.54) is 0 Å². The molecule has 0 bridgehead atoms. The summed E-state index contributed by atoms with van der Waals surface area (Å²) in [6.45, 7) is 3.86. The molecule has 0 saturated heterocycles. The van der Waals surface area contributed by atoms with Crippen LogP contribution >= 0.6 is 22.6 Å². The zero-order chi connectivity index (χ0) is 14.0. The molecule has 1 amide bonds. The van der Waals surface area contributed by atoms with Gasteiger partial charge in [-0.15, -0.1) is 0 Å². The van der Waals surface area contributed by atoms with Crippen LogP contribution in [-0.4, -0.2) is 5.91 Å². The molecular formula is C15H15IN2O. The predicted molar refractivity (Wildman–Crippen MR) is 87.4 cm³/mol. The van der Waals surface area contributed by atoms with Gasteiger partial charge in [0.2, 0.25) is 0 Å². The average Bonchev–Trinajstić information content (AvgIpc) is 2.40. The first kappa shape index (κ1) is 13.9. The summed E-state index contributed by atoms with van der Waals surface area (Å²) in [6.07, 6.45) is 0. The van der Waals surface area contributed by atoms with Crippen LogP contribution in [0.25, 0.3) is 0 Å². The lowest BCUT2D eigenvalue weighted by Crippen LogP contribution is -2.14. The lowest BCUT2D eigenvalue weighted by Gasteiger charge is -2.13. The number of amides is 1. The third kappa shape index (κ3) is 3.07. The van der Waals surface area contributed by atoms with Crippen molar-refractivity contribution < 1.29 is 4.79 Å². The fraction of sp³-hybridized carbons (Fsp3) is 0.133. The summed E-state index contributed by atoms with van der Waals surface area (Å²) < 4.78 is 1.10. The Morgan fingerprint density at radius 1 is 1.11 bits per heavy atom. The number of hydrogen-bond acceptors (Lipinski definition) is 2. The fourth-order valence-electron chi connectivity index (χ4n) is 1.84. The predicted octanol–water partition coefficient (Wildman–Crippen LogP) is 3.74. The Balaban J connectivity index is 2.29. The molecule has 2 rings (SSSR count). The van der Waals surface area contributed by atoms with Gasteiger partial charge in [0, 0.05) is 20.5 Å². The number of carbonyl (C=O) groups is 1. The van der Waals surface area contributed by atoms with Gasteiger partial charge in [-0.2, -0.15) is 0 Å². The van der Waals surface area contributed by atoms with Gasteiger partial charge >= 0.3 is 0 Å². The van der Waals surface area contributed by atoms with Gasteiger partial charge in [-0.25, -0.2) is 0 Å². The smallest absolute Gasteiger partial charge is 0.255 e. The standard InChI is InChI=1S/C15H15IN2O/c1-9-3-8-13(17)10(2)14(9)18-15(19)11-4-6-12(16)7-5-11/h3-8H,17H2,1-2H3,(H,18,19). The maximum Gasteiger partial charge on any atom is 0.255 e. The molecule has 0 aliphatic rings. The van der Waals surface area contributed by atoms with Gasteiger partial charge in [0.1, 0.15) is 0 Å². The number of anilines is 2. The molecule has 0 atom stereocenters. The van der Waals surface area contributed by atoms with Gasteiger partial charge in [-0.05, 0) is 77.9 Å². The molecule has 0 unspecified atom stereocenters. The lowest BCUT2D eigenvalue weighted by molar-refractivity contribution is 0.102. The van der Waals surface area contributed by atoms with Crippen LogP contribution in [0.4, 0.5) is 11.4 Å². The van der Waals surface area contributed by atoms with Crippen molar-refractivity contribution in [3.05, 3.63) is 56.7 Å². The molecule has 0 aromatic heterocycles. The van der Waals surface area contributed by atoms with Crippen LogP contribution in [0.5, 0.6) is 0 Å². The van der Waals surface area contributed by atoms with E-state index < -0.39 is 0 Å². The Labute approximate surface area is 126 Å². The van der Waals surface area contributed by atoms with Gasteiger partial charge < -0.3 is 11.1 Å². The van der Waals surface area contributed by atoms with Gasteiger partial charge in [-0.3, -0.25) is 4.79 Å². The number of rotatable bonds is 2. The van der Waals surface area contributed by atoms with Crippen molar-refractivity contribution in [2.24, 2.45) is 0 Å². The van der Waals surface area contributed by atoms with Crippen molar-refractivity contribution in [2.75, 3.05) is 11.1 Å². The van der Waals surface area contributed by atoms with E-state index in [1.807, 2.05) is 50.2 Å². The second-order valence-electron chi connectivity index (χ2n) is 4.43. The molecular weight excluding hydrogens is 351 g/mol. The van der Waals surface area contributed by atoms with Crippen LogP contribution in [0.1, 0.15) is 21.5 Å². The lowest BCUT2D eigenvalue weighted by atomic mass is 10.1. The number of halogens is 1. The quantitative estimate of drug-likeness (QED) is 0.629. The molecule has 98 valence electrons. The van der Waals surface area contributed by atoms with Crippen LogP contribution in [0.3, 0.4) is 0 Å². The monoisotopic (exact) mass is 366 g/mol. The molecule has 19 heavy (non-hydrogen) atoms. The van der Waals surface area contributed by atoms with Crippen molar-refractivity contribution in [1.29, 1.82) is 0 Å². The van der Waals surface area contributed by atoms with Gasteiger partial charge in [0.25, 0.3) is 5.91 Å². The first-order valence-corrected chi connectivity index (χ1v) is 6.99. The zero-order valence-corrected chi connectivity index (χ0v) is 13.0. The molecule has 3 N–H and O–H groups in total. The molecule has 0 radical (unpaired) electrons. The highest BCUT2D eigenvalue weighted by atomic mass is 127. The topological polar surface area (TPSA) is 55.1 Å². The van der Waals surface area contributed by atoms with E-state index in [4.69, 9.17) is 5.73 Å². The molecule has 0 heterocycles. The van der Waals surface area contributed by atoms with Crippen molar-refractivity contribution in [2.45, 2.75) is 13.8 Å². The molecule has 2 aromatic rings. The Kier molecular flexibility index (Phi) is 4.09. The number of nitrogens with two attached hydrogens (primary N) is 1. The zero-order valence-electron chi connectivity index (χ0n) is 10.8. The molecule has 3 nitrogen and oxygen atoms in total. The summed E-state index contributed by atoms with van der Waals surface area (Å²) >= 11 is 2.21. The Hall–Kier alpha value is -1.56. The van der Waals surface area contributed by atoms with Gasteiger partial charge in [0.15, 0.2) is 0 Å². The normalized spacial score (nSPS) is 10.3. The first-order valence-electron chi connectivity index (χ1n) is 5.91. The largest absolute Gasteiger partial charge is 0.398 e. The molecule has 2 aromatic carbocycles. The average molecular weight is 366 g/mol. The van der Waals surface area contributed by atoms with E-state index in [2.05, 4.69) is 27.9 Å². The summed E-state index contributed by atoms with van der Waals surface area (Å²) in [4.78, 5) is 12.2. The number of nitrogens with one attached hydrogen (secondary N) is 1. The second-order valence-corrected chi connectivity index (χ2v) is 5.68. The molecule has 0 spiro atoms. The van der Waals surface area contributed by atoms with E-state index in [0.717, 1.165) is 20.4 Å². The van der Waals surface area contributed by atoms with Crippen LogP contribution in [-0.2, 0) is 0 Å². The van der Waals surface area contributed by atoms with Crippen molar-refractivity contribution in [3.63, 3.8) is 0 Å². The Morgan fingerprint density at radius 2 is 1.74 bits per heavy atom. The minimum Gasteiger partial charge on any atom is -0.398 e. The Morgan fingerprint density at radius 3 is 2.37 bits per heavy atom. The molecule has 0 aliphatic carbocycles. The third-order valence-corrected chi connectivity index (χ3v) is 3.78. The van der Waals surface area contributed by atoms with E-state index in [0.29, 0.717) is 11.3 Å². The molecule has 0 saturated carbocycles. The molecule has 0 fully saturated rings. The summed E-state index contributed by atoms with van der Waals surface area (Å²) in [5.74, 6) is -0.117. The number of hydrogen-bond donors (Lipinski definition) is 2. The van der Waals surface area contributed by atoms with E-state index in [-0.39, 0.29) is 5.91 Å². The summed E-state index contributed by atoms with van der Waals surface area (Å²) in [5.41, 5.74) is 9.90. The molecule has 4 heteroatoms. The third-order valence-electron chi connectivity index (χ3n) is 3.06. The second kappa shape index (κ2) is 5.61. The first-order chi connectivity index (χ1) is 8.99.